The highest BCUT2D eigenvalue weighted by Gasteiger charge is 2.28. The van der Waals surface area contributed by atoms with Crippen molar-refractivity contribution >= 4 is 17.0 Å². The van der Waals surface area contributed by atoms with E-state index in [9.17, 15) is 4.79 Å². The van der Waals surface area contributed by atoms with E-state index in [0.717, 1.165) is 35.4 Å². The number of likely N-dealkylation sites (tertiary alicyclic amines) is 1. The Morgan fingerprint density at radius 3 is 2.70 bits per heavy atom. The lowest BCUT2D eigenvalue weighted by molar-refractivity contribution is -0.141. The summed E-state index contributed by atoms with van der Waals surface area (Å²) in [6.07, 6.45) is 0.718. The SMILES string of the molecule is Cc1nc2ccccc2nc1CN1CCC(C(=O)O)C1. The van der Waals surface area contributed by atoms with Crippen LogP contribution in [0.3, 0.4) is 0 Å². The van der Waals surface area contributed by atoms with E-state index in [0.29, 0.717) is 13.1 Å². The molecule has 5 heteroatoms. The maximum absolute atomic E-state index is 11.0. The molecule has 0 amide bonds. The van der Waals surface area contributed by atoms with Gasteiger partial charge in [0.05, 0.1) is 28.3 Å². The predicted octanol–water partition coefficient (Wildman–Crippen LogP) is 1.84. The monoisotopic (exact) mass is 271 g/mol. The molecule has 0 radical (unpaired) electrons. The molecule has 20 heavy (non-hydrogen) atoms. The van der Waals surface area contributed by atoms with Crippen molar-refractivity contribution in [1.82, 2.24) is 14.9 Å². The van der Waals surface area contributed by atoms with Gasteiger partial charge in [-0.25, -0.2) is 9.97 Å². The standard InChI is InChI=1S/C15H17N3O2/c1-10-14(9-18-7-6-11(8-18)15(19)20)17-13-5-3-2-4-12(13)16-10/h2-5,11H,6-9H2,1H3,(H,19,20). The zero-order chi connectivity index (χ0) is 14.1. The first-order valence-corrected chi connectivity index (χ1v) is 6.81. The molecule has 2 heterocycles. The Balaban J connectivity index is 1.81. The summed E-state index contributed by atoms with van der Waals surface area (Å²) in [7, 11) is 0. The molecule has 1 N–H and O–H groups in total. The molecule has 0 spiro atoms. The lowest BCUT2D eigenvalue weighted by atomic mass is 10.1. The molecule has 104 valence electrons. The van der Waals surface area contributed by atoms with Crippen LogP contribution in [0.1, 0.15) is 17.8 Å². The van der Waals surface area contributed by atoms with Crippen LogP contribution in [0, 0.1) is 12.8 Å². The number of carbonyl (C=O) groups is 1. The Kier molecular flexibility index (Phi) is 3.36. The van der Waals surface area contributed by atoms with Crippen LogP contribution in [-0.4, -0.2) is 39.0 Å². The van der Waals surface area contributed by atoms with Gasteiger partial charge in [-0.2, -0.15) is 0 Å². The van der Waals surface area contributed by atoms with Crippen molar-refractivity contribution in [3.63, 3.8) is 0 Å². The minimum Gasteiger partial charge on any atom is -0.481 e. The third kappa shape index (κ3) is 2.49. The molecule has 1 unspecified atom stereocenters. The summed E-state index contributed by atoms with van der Waals surface area (Å²) in [4.78, 5) is 22.4. The Bertz CT molecular complexity index is 657. The highest BCUT2D eigenvalue weighted by molar-refractivity contribution is 5.74. The van der Waals surface area contributed by atoms with E-state index in [2.05, 4.69) is 14.9 Å². The van der Waals surface area contributed by atoms with Gasteiger partial charge in [0.25, 0.3) is 0 Å². The number of aliphatic carboxylic acids is 1. The van der Waals surface area contributed by atoms with E-state index in [-0.39, 0.29) is 5.92 Å². The number of fused-ring (bicyclic) bond motifs is 1. The minimum absolute atomic E-state index is 0.247. The van der Waals surface area contributed by atoms with Gasteiger partial charge in [-0.1, -0.05) is 12.1 Å². The van der Waals surface area contributed by atoms with Gasteiger partial charge in [0.1, 0.15) is 0 Å². The zero-order valence-corrected chi connectivity index (χ0v) is 11.4. The molecule has 0 aliphatic carbocycles. The summed E-state index contributed by atoms with van der Waals surface area (Å²) in [5.41, 5.74) is 3.65. The van der Waals surface area contributed by atoms with Crippen LogP contribution in [-0.2, 0) is 11.3 Å². The Hall–Kier alpha value is -2.01. The van der Waals surface area contributed by atoms with E-state index in [1.807, 2.05) is 31.2 Å². The fourth-order valence-electron chi connectivity index (χ4n) is 2.66. The van der Waals surface area contributed by atoms with Crippen LogP contribution in [0.25, 0.3) is 11.0 Å². The zero-order valence-electron chi connectivity index (χ0n) is 11.4. The van der Waals surface area contributed by atoms with Gasteiger partial charge in [-0.15, -0.1) is 0 Å². The van der Waals surface area contributed by atoms with Crippen LogP contribution >= 0.6 is 0 Å². The lowest BCUT2D eigenvalue weighted by Crippen LogP contribution is -2.24. The normalized spacial score (nSPS) is 19.6. The number of aromatic nitrogens is 2. The molecule has 3 rings (SSSR count). The molecule has 1 atom stereocenters. The predicted molar refractivity (Wildman–Crippen MR) is 75.3 cm³/mol. The fourth-order valence-corrected chi connectivity index (χ4v) is 2.66. The molecule has 1 saturated heterocycles. The van der Waals surface area contributed by atoms with Crippen LogP contribution in [0.4, 0.5) is 0 Å². The van der Waals surface area contributed by atoms with Gasteiger partial charge < -0.3 is 5.11 Å². The van der Waals surface area contributed by atoms with Gasteiger partial charge in [0, 0.05) is 13.1 Å². The van der Waals surface area contributed by atoms with E-state index < -0.39 is 5.97 Å². The van der Waals surface area contributed by atoms with Crippen LogP contribution < -0.4 is 0 Å². The largest absolute Gasteiger partial charge is 0.481 e. The van der Waals surface area contributed by atoms with Crippen molar-refractivity contribution in [3.8, 4) is 0 Å². The summed E-state index contributed by atoms with van der Waals surface area (Å²) < 4.78 is 0. The molecule has 0 saturated carbocycles. The lowest BCUT2D eigenvalue weighted by Gasteiger charge is -2.16. The van der Waals surface area contributed by atoms with Gasteiger partial charge in [-0.05, 0) is 32.0 Å². The number of carboxylic acid groups (broad SMARTS) is 1. The fraction of sp³-hybridized carbons (Fsp3) is 0.400. The van der Waals surface area contributed by atoms with Crippen molar-refractivity contribution < 1.29 is 9.90 Å². The van der Waals surface area contributed by atoms with Crippen molar-refractivity contribution in [2.75, 3.05) is 13.1 Å². The smallest absolute Gasteiger partial charge is 0.307 e. The molecule has 5 nitrogen and oxygen atoms in total. The third-order valence-electron chi connectivity index (χ3n) is 3.84. The van der Waals surface area contributed by atoms with Crippen molar-refractivity contribution in [3.05, 3.63) is 35.7 Å². The summed E-state index contributed by atoms with van der Waals surface area (Å²) in [6, 6.07) is 7.81. The van der Waals surface area contributed by atoms with Crippen LogP contribution in [0.5, 0.6) is 0 Å². The van der Waals surface area contributed by atoms with E-state index in [4.69, 9.17) is 5.11 Å². The minimum atomic E-state index is -0.700. The highest BCUT2D eigenvalue weighted by Crippen LogP contribution is 2.20. The van der Waals surface area contributed by atoms with Gasteiger partial charge in [0.2, 0.25) is 0 Å². The summed E-state index contributed by atoms with van der Waals surface area (Å²) >= 11 is 0. The van der Waals surface area contributed by atoms with Crippen molar-refractivity contribution in [1.29, 1.82) is 0 Å². The maximum atomic E-state index is 11.0. The Morgan fingerprint density at radius 2 is 2.05 bits per heavy atom. The second-order valence-corrected chi connectivity index (χ2v) is 5.30. The molecule has 1 aliphatic rings. The Morgan fingerprint density at radius 1 is 1.35 bits per heavy atom. The number of aryl methyl sites for hydroxylation is 1. The molecular weight excluding hydrogens is 254 g/mol. The van der Waals surface area contributed by atoms with E-state index >= 15 is 0 Å². The number of hydrogen-bond donors (Lipinski definition) is 1. The quantitative estimate of drug-likeness (QED) is 0.922. The molecule has 1 aliphatic heterocycles. The number of nitrogens with zero attached hydrogens (tertiary/aromatic N) is 3. The summed E-state index contributed by atoms with van der Waals surface area (Å²) in [5, 5.41) is 9.04. The van der Waals surface area contributed by atoms with Gasteiger partial charge in [0.15, 0.2) is 0 Å². The average molecular weight is 271 g/mol. The van der Waals surface area contributed by atoms with E-state index in [1.165, 1.54) is 0 Å². The number of benzene rings is 1. The summed E-state index contributed by atoms with van der Waals surface area (Å²) in [6.45, 7) is 4.04. The molecule has 1 aromatic heterocycles. The average Bonchev–Trinajstić information content (AvgIpc) is 2.88. The number of carboxylic acids is 1. The Labute approximate surface area is 117 Å². The van der Waals surface area contributed by atoms with Gasteiger partial charge >= 0.3 is 5.97 Å². The van der Waals surface area contributed by atoms with Crippen LogP contribution in [0.2, 0.25) is 0 Å². The van der Waals surface area contributed by atoms with Crippen LogP contribution in [0.15, 0.2) is 24.3 Å². The number of para-hydroxylation sites is 2. The number of hydrogen-bond acceptors (Lipinski definition) is 4. The molecule has 1 fully saturated rings. The maximum Gasteiger partial charge on any atom is 0.307 e. The second-order valence-electron chi connectivity index (χ2n) is 5.30. The first-order valence-electron chi connectivity index (χ1n) is 6.81. The summed E-state index contributed by atoms with van der Waals surface area (Å²) in [5.74, 6) is -0.947. The number of rotatable bonds is 3. The molecule has 2 aromatic rings. The molecule has 1 aromatic carbocycles. The van der Waals surface area contributed by atoms with Gasteiger partial charge in [-0.3, -0.25) is 9.69 Å². The molecular formula is C15H17N3O2. The highest BCUT2D eigenvalue weighted by atomic mass is 16.4. The topological polar surface area (TPSA) is 66.3 Å². The van der Waals surface area contributed by atoms with Crippen molar-refractivity contribution in [2.24, 2.45) is 5.92 Å². The first kappa shape index (κ1) is 13.0. The van der Waals surface area contributed by atoms with Crippen molar-refractivity contribution in [2.45, 2.75) is 19.9 Å². The first-order chi connectivity index (χ1) is 9.63. The van der Waals surface area contributed by atoms with E-state index in [1.54, 1.807) is 0 Å². The molecule has 0 bridgehead atoms. The second kappa shape index (κ2) is 5.17. The third-order valence-corrected chi connectivity index (χ3v) is 3.84.